The Morgan fingerprint density at radius 1 is 1.31 bits per heavy atom. The molecule has 0 heterocycles. The van der Waals surface area contributed by atoms with Crippen molar-refractivity contribution in [2.45, 2.75) is 44.9 Å². The summed E-state index contributed by atoms with van der Waals surface area (Å²) < 4.78 is 5.00. The van der Waals surface area contributed by atoms with Gasteiger partial charge in [-0.1, -0.05) is 25.7 Å². The second-order valence-electron chi connectivity index (χ2n) is 5.48. The minimum absolute atomic E-state index is 0.0654. The lowest BCUT2D eigenvalue weighted by atomic mass is 9.74. The van der Waals surface area contributed by atoms with Gasteiger partial charge >= 0.3 is 5.97 Å². The Balaban J connectivity index is 2.08. The van der Waals surface area contributed by atoms with Crippen LogP contribution in [0.4, 0.5) is 0 Å². The maximum atomic E-state index is 12.0. The molecule has 2 rings (SSSR count). The molecule has 0 amide bonds. The maximum Gasteiger partial charge on any atom is 0.313 e. The Kier molecular flexibility index (Phi) is 3.53. The molecular weight excluding hydrogens is 202 g/mol. The summed E-state index contributed by atoms with van der Waals surface area (Å²) in [5, 5.41) is 0. The molecule has 2 aliphatic carbocycles. The Hall–Kier alpha value is -0.570. The first-order chi connectivity index (χ1) is 7.73. The van der Waals surface area contributed by atoms with Crippen molar-refractivity contribution < 1.29 is 9.53 Å². The molecule has 3 nitrogen and oxygen atoms in total. The van der Waals surface area contributed by atoms with Crippen molar-refractivity contribution >= 4 is 5.97 Å². The van der Waals surface area contributed by atoms with Crippen LogP contribution in [0.5, 0.6) is 0 Å². The van der Waals surface area contributed by atoms with E-state index in [9.17, 15) is 4.79 Å². The van der Waals surface area contributed by atoms with Gasteiger partial charge in [-0.25, -0.2) is 0 Å². The SMILES string of the molecule is COC(=O)C(CN)(CC1CCCC1)C1CC1. The molecule has 2 N–H and O–H groups in total. The molecule has 2 aliphatic rings. The first kappa shape index (κ1) is 11.9. The minimum Gasteiger partial charge on any atom is -0.469 e. The third-order valence-electron chi connectivity index (χ3n) is 4.44. The summed E-state index contributed by atoms with van der Waals surface area (Å²) in [7, 11) is 1.49. The molecule has 0 radical (unpaired) electrons. The summed E-state index contributed by atoms with van der Waals surface area (Å²) in [4.78, 5) is 12.0. The quantitative estimate of drug-likeness (QED) is 0.729. The van der Waals surface area contributed by atoms with Crippen LogP contribution in [0.1, 0.15) is 44.9 Å². The Morgan fingerprint density at radius 2 is 1.94 bits per heavy atom. The number of hydrogen-bond acceptors (Lipinski definition) is 3. The number of rotatable bonds is 5. The lowest BCUT2D eigenvalue weighted by Gasteiger charge is -2.32. The van der Waals surface area contributed by atoms with Crippen molar-refractivity contribution in [2.75, 3.05) is 13.7 Å². The van der Waals surface area contributed by atoms with Gasteiger partial charge in [0.1, 0.15) is 0 Å². The summed E-state index contributed by atoms with van der Waals surface area (Å²) in [6, 6.07) is 0. The first-order valence-electron chi connectivity index (χ1n) is 6.51. The van der Waals surface area contributed by atoms with Crippen molar-refractivity contribution in [1.29, 1.82) is 0 Å². The van der Waals surface area contributed by atoms with Crippen LogP contribution < -0.4 is 5.73 Å². The number of esters is 1. The summed E-state index contributed by atoms with van der Waals surface area (Å²) >= 11 is 0. The summed E-state index contributed by atoms with van der Waals surface area (Å²) in [5.41, 5.74) is 5.55. The van der Waals surface area contributed by atoms with Crippen LogP contribution in [0.3, 0.4) is 0 Å². The number of ether oxygens (including phenoxy) is 1. The lowest BCUT2D eigenvalue weighted by Crippen LogP contribution is -2.43. The van der Waals surface area contributed by atoms with Crippen LogP contribution >= 0.6 is 0 Å². The highest BCUT2D eigenvalue weighted by molar-refractivity contribution is 5.78. The second-order valence-corrected chi connectivity index (χ2v) is 5.48. The fourth-order valence-electron chi connectivity index (χ4n) is 3.32. The smallest absolute Gasteiger partial charge is 0.313 e. The zero-order valence-corrected chi connectivity index (χ0v) is 10.2. The lowest BCUT2D eigenvalue weighted by molar-refractivity contribution is -0.155. The van der Waals surface area contributed by atoms with Gasteiger partial charge in [-0.3, -0.25) is 4.79 Å². The molecule has 0 aromatic carbocycles. The van der Waals surface area contributed by atoms with E-state index in [0.29, 0.717) is 18.4 Å². The van der Waals surface area contributed by atoms with Crippen LogP contribution in [-0.4, -0.2) is 19.6 Å². The zero-order chi connectivity index (χ0) is 11.6. The summed E-state index contributed by atoms with van der Waals surface area (Å²) in [6.07, 6.45) is 8.43. The molecule has 0 aliphatic heterocycles. The van der Waals surface area contributed by atoms with Gasteiger partial charge in [0.15, 0.2) is 0 Å². The predicted molar refractivity (Wildman–Crippen MR) is 62.8 cm³/mol. The molecule has 0 bridgehead atoms. The summed E-state index contributed by atoms with van der Waals surface area (Å²) in [5.74, 6) is 1.12. The van der Waals surface area contributed by atoms with Crippen LogP contribution in [0, 0.1) is 17.3 Å². The fraction of sp³-hybridized carbons (Fsp3) is 0.923. The molecule has 2 saturated carbocycles. The van der Waals surface area contributed by atoms with Gasteiger partial charge in [-0.05, 0) is 31.1 Å². The van der Waals surface area contributed by atoms with E-state index in [1.807, 2.05) is 0 Å². The van der Waals surface area contributed by atoms with E-state index >= 15 is 0 Å². The highest BCUT2D eigenvalue weighted by atomic mass is 16.5. The zero-order valence-electron chi connectivity index (χ0n) is 10.2. The van der Waals surface area contributed by atoms with Crippen LogP contribution in [0.2, 0.25) is 0 Å². The van der Waals surface area contributed by atoms with Crippen molar-refractivity contribution in [2.24, 2.45) is 23.0 Å². The fourth-order valence-corrected chi connectivity index (χ4v) is 3.32. The van der Waals surface area contributed by atoms with E-state index in [1.165, 1.54) is 32.8 Å². The van der Waals surface area contributed by atoms with Gasteiger partial charge < -0.3 is 10.5 Å². The summed E-state index contributed by atoms with van der Waals surface area (Å²) in [6.45, 7) is 0.459. The number of methoxy groups -OCH3 is 1. The Morgan fingerprint density at radius 3 is 2.38 bits per heavy atom. The predicted octanol–water partition coefficient (Wildman–Crippen LogP) is 2.09. The van der Waals surface area contributed by atoms with E-state index in [-0.39, 0.29) is 11.4 Å². The van der Waals surface area contributed by atoms with E-state index in [1.54, 1.807) is 0 Å². The standard InChI is InChI=1S/C13H23NO2/c1-16-12(15)13(9-14,11-6-7-11)8-10-4-2-3-5-10/h10-11H,2-9,14H2,1H3. The molecule has 2 fully saturated rings. The number of carbonyl (C=O) groups excluding carboxylic acids is 1. The molecule has 0 spiro atoms. The largest absolute Gasteiger partial charge is 0.469 e. The third-order valence-corrected chi connectivity index (χ3v) is 4.44. The maximum absolute atomic E-state index is 12.0. The first-order valence-corrected chi connectivity index (χ1v) is 6.51. The van der Waals surface area contributed by atoms with Crippen molar-refractivity contribution in [3.63, 3.8) is 0 Å². The van der Waals surface area contributed by atoms with Gasteiger partial charge in [-0.15, -0.1) is 0 Å². The molecule has 92 valence electrons. The monoisotopic (exact) mass is 225 g/mol. The number of carbonyl (C=O) groups is 1. The highest BCUT2D eigenvalue weighted by Gasteiger charge is 2.51. The van der Waals surface area contributed by atoms with E-state index in [4.69, 9.17) is 10.5 Å². The van der Waals surface area contributed by atoms with Crippen molar-refractivity contribution in [1.82, 2.24) is 0 Å². The average molecular weight is 225 g/mol. The van der Waals surface area contributed by atoms with Gasteiger partial charge in [0.2, 0.25) is 0 Å². The van der Waals surface area contributed by atoms with Crippen molar-refractivity contribution in [3.8, 4) is 0 Å². The average Bonchev–Trinajstić information content (AvgIpc) is 3.04. The van der Waals surface area contributed by atoms with E-state index in [2.05, 4.69) is 0 Å². The molecule has 0 aromatic rings. The Labute approximate surface area is 97.7 Å². The number of nitrogens with two attached hydrogens (primary N) is 1. The Bertz CT molecular complexity index is 257. The molecular formula is C13H23NO2. The molecule has 3 heteroatoms. The van der Waals surface area contributed by atoms with Gasteiger partial charge in [-0.2, -0.15) is 0 Å². The third kappa shape index (κ3) is 2.10. The molecule has 16 heavy (non-hydrogen) atoms. The van der Waals surface area contributed by atoms with Gasteiger partial charge in [0, 0.05) is 6.54 Å². The molecule has 0 saturated heterocycles. The van der Waals surface area contributed by atoms with E-state index in [0.717, 1.165) is 19.3 Å². The number of hydrogen-bond donors (Lipinski definition) is 1. The normalized spacial score (nSPS) is 25.4. The van der Waals surface area contributed by atoms with Gasteiger partial charge in [0.25, 0.3) is 0 Å². The molecule has 0 aromatic heterocycles. The van der Waals surface area contributed by atoms with Crippen LogP contribution in [-0.2, 0) is 9.53 Å². The van der Waals surface area contributed by atoms with Crippen LogP contribution in [0.25, 0.3) is 0 Å². The van der Waals surface area contributed by atoms with Crippen LogP contribution in [0.15, 0.2) is 0 Å². The second kappa shape index (κ2) is 4.74. The molecule has 1 unspecified atom stereocenters. The highest BCUT2D eigenvalue weighted by Crippen LogP contribution is 2.51. The van der Waals surface area contributed by atoms with Gasteiger partial charge in [0.05, 0.1) is 12.5 Å². The molecule has 1 atom stereocenters. The minimum atomic E-state index is -0.357. The van der Waals surface area contributed by atoms with E-state index < -0.39 is 0 Å². The topological polar surface area (TPSA) is 52.3 Å². The van der Waals surface area contributed by atoms with Crippen molar-refractivity contribution in [3.05, 3.63) is 0 Å².